The van der Waals surface area contributed by atoms with Gasteiger partial charge < -0.3 is 0 Å². The molecule has 0 radical (unpaired) electrons. The van der Waals surface area contributed by atoms with Gasteiger partial charge in [-0.25, -0.2) is 4.79 Å². The molecule has 2 aromatic rings. The fourth-order valence-electron chi connectivity index (χ4n) is 1.80. The summed E-state index contributed by atoms with van der Waals surface area (Å²) in [5, 5.41) is 0.686. The second-order valence-electron chi connectivity index (χ2n) is 3.79. The van der Waals surface area contributed by atoms with Gasteiger partial charge in [0.15, 0.2) is 0 Å². The van der Waals surface area contributed by atoms with Crippen molar-refractivity contribution in [2.24, 2.45) is 7.05 Å². The summed E-state index contributed by atoms with van der Waals surface area (Å²) in [6.07, 6.45) is 0. The minimum absolute atomic E-state index is 0.236. The second kappa shape index (κ2) is 4.71. The highest BCUT2D eigenvalue weighted by molar-refractivity contribution is 6.35. The molecule has 0 fully saturated rings. The zero-order valence-corrected chi connectivity index (χ0v) is 10.8. The van der Waals surface area contributed by atoms with Crippen molar-refractivity contribution in [2.75, 3.05) is 0 Å². The molecule has 0 bridgehead atoms. The second-order valence-corrected chi connectivity index (χ2v) is 4.20. The smallest absolute Gasteiger partial charge is 0.281 e. The van der Waals surface area contributed by atoms with E-state index >= 15 is 0 Å². The molecule has 0 aliphatic rings. The zero-order chi connectivity index (χ0) is 13.3. The molecule has 1 heterocycles. The molecule has 0 aliphatic heterocycles. The van der Waals surface area contributed by atoms with Crippen LogP contribution in [0.4, 0.5) is 0 Å². The van der Waals surface area contributed by atoms with Crippen molar-refractivity contribution in [1.29, 1.82) is 0 Å². The van der Waals surface area contributed by atoms with Crippen LogP contribution in [0.5, 0.6) is 0 Å². The van der Waals surface area contributed by atoms with Gasteiger partial charge in [0.1, 0.15) is 0 Å². The Bertz CT molecular complexity index is 791. The minimum Gasteiger partial charge on any atom is -0.281 e. The van der Waals surface area contributed by atoms with Crippen molar-refractivity contribution in [2.45, 2.75) is 13.5 Å². The molecule has 0 saturated carbocycles. The molecule has 0 amide bonds. The fraction of sp³-hybridized carbons (Fsp3) is 0.231. The van der Waals surface area contributed by atoms with E-state index in [0.29, 0.717) is 15.9 Å². The Morgan fingerprint density at radius 3 is 2.72 bits per heavy atom. The molecule has 0 unspecified atom stereocenters. The first-order valence-corrected chi connectivity index (χ1v) is 5.73. The molecule has 0 N–H and O–H groups in total. The van der Waals surface area contributed by atoms with Crippen LogP contribution in [0.3, 0.4) is 0 Å². The van der Waals surface area contributed by atoms with Gasteiger partial charge in [-0.15, -0.1) is 5.92 Å². The maximum Gasteiger partial charge on any atom is 0.332 e. The number of rotatable bonds is 1. The number of nitrogens with zero attached hydrogens (tertiary/aromatic N) is 2. The van der Waals surface area contributed by atoms with Gasteiger partial charge in [-0.05, 0) is 19.1 Å². The first-order chi connectivity index (χ1) is 8.57. The molecule has 92 valence electrons. The Labute approximate surface area is 108 Å². The van der Waals surface area contributed by atoms with Crippen LogP contribution >= 0.6 is 11.6 Å². The number of halogens is 1. The number of aromatic nitrogens is 2. The van der Waals surface area contributed by atoms with E-state index in [2.05, 4.69) is 11.8 Å². The molecule has 0 spiro atoms. The molecule has 1 aromatic heterocycles. The van der Waals surface area contributed by atoms with E-state index < -0.39 is 5.69 Å². The summed E-state index contributed by atoms with van der Waals surface area (Å²) in [6, 6.07) is 5.03. The van der Waals surface area contributed by atoms with Crippen LogP contribution in [-0.4, -0.2) is 9.13 Å². The topological polar surface area (TPSA) is 44.0 Å². The summed E-state index contributed by atoms with van der Waals surface area (Å²) in [7, 11) is 1.43. The maximum atomic E-state index is 12.0. The molecular weight excluding hydrogens is 252 g/mol. The van der Waals surface area contributed by atoms with Gasteiger partial charge in [-0.2, -0.15) is 0 Å². The van der Waals surface area contributed by atoms with Gasteiger partial charge >= 0.3 is 5.69 Å². The summed E-state index contributed by atoms with van der Waals surface area (Å²) in [5.74, 6) is 5.54. The monoisotopic (exact) mass is 262 g/mol. The van der Waals surface area contributed by atoms with Gasteiger partial charge in [0.25, 0.3) is 5.56 Å². The number of hydrogen-bond acceptors (Lipinski definition) is 2. The van der Waals surface area contributed by atoms with Crippen LogP contribution in [0.15, 0.2) is 27.8 Å². The average molecular weight is 263 g/mol. The third kappa shape index (κ3) is 1.83. The molecule has 4 nitrogen and oxygen atoms in total. The van der Waals surface area contributed by atoms with E-state index in [1.54, 1.807) is 25.1 Å². The molecule has 0 aliphatic carbocycles. The molecule has 2 rings (SSSR count). The molecule has 1 aromatic carbocycles. The van der Waals surface area contributed by atoms with Crippen LogP contribution in [0.25, 0.3) is 10.9 Å². The van der Waals surface area contributed by atoms with Crippen molar-refractivity contribution in [3.05, 3.63) is 44.1 Å². The summed E-state index contributed by atoms with van der Waals surface area (Å²) in [6.45, 7) is 1.93. The van der Waals surface area contributed by atoms with Crippen LogP contribution < -0.4 is 11.2 Å². The standard InChI is InChI=1S/C13H11ClN2O2/c1-3-4-8-16-10-7-5-6-9(14)11(10)12(17)15(2)13(16)18/h5-7H,8H2,1-2H3. The summed E-state index contributed by atoms with van der Waals surface area (Å²) >= 11 is 6.03. The summed E-state index contributed by atoms with van der Waals surface area (Å²) in [4.78, 5) is 24.1. The van der Waals surface area contributed by atoms with Crippen molar-refractivity contribution >= 4 is 22.5 Å². The van der Waals surface area contributed by atoms with Crippen molar-refractivity contribution in [3.8, 4) is 11.8 Å². The Kier molecular flexibility index (Phi) is 3.26. The quantitative estimate of drug-likeness (QED) is 0.729. The molecule has 0 saturated heterocycles. The van der Waals surface area contributed by atoms with E-state index in [-0.39, 0.29) is 12.1 Å². The van der Waals surface area contributed by atoms with E-state index in [1.165, 1.54) is 11.6 Å². The van der Waals surface area contributed by atoms with Crippen molar-refractivity contribution in [3.63, 3.8) is 0 Å². The third-order valence-electron chi connectivity index (χ3n) is 2.73. The molecule has 0 atom stereocenters. The number of benzene rings is 1. The first-order valence-electron chi connectivity index (χ1n) is 5.35. The average Bonchev–Trinajstić information content (AvgIpc) is 2.36. The van der Waals surface area contributed by atoms with Gasteiger partial charge in [0, 0.05) is 7.05 Å². The Morgan fingerprint density at radius 2 is 2.06 bits per heavy atom. The van der Waals surface area contributed by atoms with Crippen LogP contribution in [0.1, 0.15) is 6.92 Å². The normalized spacial score (nSPS) is 10.2. The predicted molar refractivity (Wildman–Crippen MR) is 71.9 cm³/mol. The molecular formula is C13H11ClN2O2. The van der Waals surface area contributed by atoms with E-state index in [4.69, 9.17) is 11.6 Å². The highest BCUT2D eigenvalue weighted by Crippen LogP contribution is 2.18. The van der Waals surface area contributed by atoms with Crippen LogP contribution in [0, 0.1) is 11.8 Å². The lowest BCUT2D eigenvalue weighted by Gasteiger charge is -2.09. The number of fused-ring (bicyclic) bond motifs is 1. The maximum absolute atomic E-state index is 12.0. The van der Waals surface area contributed by atoms with Gasteiger partial charge in [-0.1, -0.05) is 23.6 Å². The van der Waals surface area contributed by atoms with E-state index in [9.17, 15) is 9.59 Å². The largest absolute Gasteiger partial charge is 0.332 e. The van der Waals surface area contributed by atoms with Crippen molar-refractivity contribution in [1.82, 2.24) is 9.13 Å². The SMILES string of the molecule is CC#CCn1c(=O)n(C)c(=O)c2c(Cl)cccc21. The Morgan fingerprint density at radius 1 is 1.33 bits per heavy atom. The predicted octanol–water partition coefficient (Wildman–Crippen LogP) is 1.38. The number of hydrogen-bond donors (Lipinski definition) is 0. The molecule has 5 heteroatoms. The minimum atomic E-state index is -0.391. The van der Waals surface area contributed by atoms with Gasteiger partial charge in [0.2, 0.25) is 0 Å². The lowest BCUT2D eigenvalue weighted by molar-refractivity contribution is 0.689. The highest BCUT2D eigenvalue weighted by atomic mass is 35.5. The Hall–Kier alpha value is -1.99. The fourth-order valence-corrected chi connectivity index (χ4v) is 2.05. The first kappa shape index (κ1) is 12.5. The Balaban J connectivity index is 3.00. The van der Waals surface area contributed by atoms with Crippen LogP contribution in [0.2, 0.25) is 5.02 Å². The molecule has 18 heavy (non-hydrogen) atoms. The highest BCUT2D eigenvalue weighted by Gasteiger charge is 2.12. The summed E-state index contributed by atoms with van der Waals surface area (Å²) < 4.78 is 2.49. The van der Waals surface area contributed by atoms with Crippen molar-refractivity contribution < 1.29 is 0 Å². The van der Waals surface area contributed by atoms with Gasteiger partial charge in [-0.3, -0.25) is 13.9 Å². The van der Waals surface area contributed by atoms with Crippen LogP contribution in [-0.2, 0) is 13.6 Å². The third-order valence-corrected chi connectivity index (χ3v) is 3.05. The van der Waals surface area contributed by atoms with Gasteiger partial charge in [0.05, 0.1) is 22.5 Å². The van der Waals surface area contributed by atoms with E-state index in [1.807, 2.05) is 0 Å². The lowest BCUT2D eigenvalue weighted by atomic mass is 10.2. The lowest BCUT2D eigenvalue weighted by Crippen LogP contribution is -2.38. The van der Waals surface area contributed by atoms with E-state index in [0.717, 1.165) is 4.57 Å². The zero-order valence-electron chi connectivity index (χ0n) is 10.0. The summed E-state index contributed by atoms with van der Waals surface area (Å²) in [5.41, 5.74) is -0.267.